The lowest BCUT2D eigenvalue weighted by molar-refractivity contribution is -0.123. The van der Waals surface area contributed by atoms with Gasteiger partial charge in [0.05, 0.1) is 26.2 Å². The number of pyridine rings is 1. The number of nitrogen functional groups attached to an aromatic ring is 1. The van der Waals surface area contributed by atoms with Gasteiger partial charge in [-0.05, 0) is 30.2 Å². The van der Waals surface area contributed by atoms with Crippen LogP contribution in [0.3, 0.4) is 0 Å². The van der Waals surface area contributed by atoms with Gasteiger partial charge in [-0.15, -0.1) is 0 Å². The molecule has 2 aromatic carbocycles. The minimum absolute atomic E-state index is 0.00649. The fourth-order valence-electron chi connectivity index (χ4n) is 5.05. The first-order valence-electron chi connectivity index (χ1n) is 14.6. The van der Waals surface area contributed by atoms with Crippen LogP contribution in [-0.2, 0) is 17.9 Å². The molecule has 12 heteroatoms. The Hall–Kier alpha value is -4.97. The molecule has 0 saturated carbocycles. The van der Waals surface area contributed by atoms with Crippen LogP contribution in [0.4, 0.5) is 5.82 Å². The number of aromatic nitrogens is 4. The number of nitrogens with zero attached hydrogens (tertiary/aromatic N) is 5. The zero-order valence-corrected chi connectivity index (χ0v) is 25.2. The summed E-state index contributed by atoms with van der Waals surface area (Å²) in [4.78, 5) is 37.7. The van der Waals surface area contributed by atoms with E-state index >= 15 is 0 Å². The molecule has 0 aliphatic carbocycles. The van der Waals surface area contributed by atoms with E-state index in [0.29, 0.717) is 60.7 Å². The highest BCUT2D eigenvalue weighted by Gasteiger charge is 2.27. The molecule has 1 atom stereocenters. The topological polar surface area (TPSA) is 150 Å². The number of fused-ring (bicyclic) bond motifs is 3. The van der Waals surface area contributed by atoms with Gasteiger partial charge in [-0.25, -0.2) is 14.6 Å². The Morgan fingerprint density at radius 1 is 1.07 bits per heavy atom. The predicted octanol–water partition coefficient (Wildman–Crippen LogP) is 3.07. The third-order valence-corrected chi connectivity index (χ3v) is 7.38. The van der Waals surface area contributed by atoms with Crippen LogP contribution in [0.15, 0.2) is 66.9 Å². The number of ether oxygens (including phenoxy) is 2. The maximum atomic E-state index is 13.6. The van der Waals surface area contributed by atoms with Crippen LogP contribution in [-0.4, -0.2) is 69.8 Å². The second-order valence-corrected chi connectivity index (χ2v) is 10.9. The number of anilines is 1. The summed E-state index contributed by atoms with van der Waals surface area (Å²) < 4.78 is 13.4. The zero-order chi connectivity index (χ0) is 31.1. The van der Waals surface area contributed by atoms with Crippen molar-refractivity contribution in [1.29, 1.82) is 0 Å². The summed E-state index contributed by atoms with van der Waals surface area (Å²) in [5.74, 6) is 2.08. The number of nitrogens with two attached hydrogens (primary N) is 1. The number of hydrogen-bond acceptors (Lipinski definition) is 9. The Labute approximate surface area is 256 Å². The van der Waals surface area contributed by atoms with Crippen molar-refractivity contribution in [2.75, 3.05) is 39.1 Å². The van der Waals surface area contributed by atoms with Crippen molar-refractivity contribution >= 4 is 17.6 Å². The van der Waals surface area contributed by atoms with Crippen LogP contribution in [0.1, 0.15) is 41.6 Å². The quantitative estimate of drug-likeness (QED) is 0.315. The molecule has 44 heavy (non-hydrogen) atoms. The van der Waals surface area contributed by atoms with Crippen molar-refractivity contribution in [2.45, 2.75) is 33.0 Å². The SMILES string of the molecule is COc1ccc2cc1OCCn1nc(-c3ccccc3)nc1[C@@H](C(C)C)NC(=O)CN(Cc1cccnc1N)CCNC2=O. The second-order valence-electron chi connectivity index (χ2n) is 10.9. The van der Waals surface area contributed by atoms with E-state index in [2.05, 4.69) is 15.6 Å². The van der Waals surface area contributed by atoms with E-state index in [1.807, 2.05) is 61.2 Å². The maximum absolute atomic E-state index is 13.6. The molecule has 0 radical (unpaired) electrons. The van der Waals surface area contributed by atoms with Gasteiger partial charge in [-0.2, -0.15) is 5.10 Å². The maximum Gasteiger partial charge on any atom is 0.251 e. The number of methoxy groups -OCH3 is 1. The Balaban J connectivity index is 1.51. The monoisotopic (exact) mass is 598 g/mol. The molecule has 0 spiro atoms. The zero-order valence-electron chi connectivity index (χ0n) is 25.2. The summed E-state index contributed by atoms with van der Waals surface area (Å²) in [6, 6.07) is 18.0. The molecule has 230 valence electrons. The number of carbonyl (C=O) groups excluding carboxylic acids is 2. The lowest BCUT2D eigenvalue weighted by Crippen LogP contribution is -2.43. The van der Waals surface area contributed by atoms with Crippen molar-refractivity contribution in [3.05, 3.63) is 83.8 Å². The van der Waals surface area contributed by atoms with Crippen molar-refractivity contribution in [2.24, 2.45) is 5.92 Å². The van der Waals surface area contributed by atoms with E-state index in [1.165, 1.54) is 0 Å². The van der Waals surface area contributed by atoms with E-state index in [9.17, 15) is 9.59 Å². The molecule has 4 aromatic rings. The minimum atomic E-state index is -0.425. The Bertz CT molecular complexity index is 1590. The van der Waals surface area contributed by atoms with Crippen LogP contribution < -0.4 is 25.8 Å². The number of hydrogen-bond donors (Lipinski definition) is 3. The summed E-state index contributed by atoms with van der Waals surface area (Å²) in [5, 5.41) is 11.0. The van der Waals surface area contributed by atoms with Gasteiger partial charge in [0, 0.05) is 42.5 Å². The van der Waals surface area contributed by atoms with Gasteiger partial charge in [0.15, 0.2) is 23.1 Å². The van der Waals surface area contributed by atoms with E-state index in [1.54, 1.807) is 36.2 Å². The van der Waals surface area contributed by atoms with E-state index < -0.39 is 6.04 Å². The minimum Gasteiger partial charge on any atom is -0.493 e. The molecule has 12 nitrogen and oxygen atoms in total. The van der Waals surface area contributed by atoms with Gasteiger partial charge in [0.2, 0.25) is 5.91 Å². The van der Waals surface area contributed by atoms with E-state index in [-0.39, 0.29) is 30.9 Å². The molecule has 3 heterocycles. The van der Waals surface area contributed by atoms with Gasteiger partial charge in [0.25, 0.3) is 5.91 Å². The molecule has 2 bridgehead atoms. The Morgan fingerprint density at radius 3 is 2.64 bits per heavy atom. The lowest BCUT2D eigenvalue weighted by atomic mass is 10.0. The third kappa shape index (κ3) is 7.32. The highest BCUT2D eigenvalue weighted by atomic mass is 16.5. The summed E-state index contributed by atoms with van der Waals surface area (Å²) in [6.07, 6.45) is 1.63. The van der Waals surface area contributed by atoms with E-state index in [0.717, 1.165) is 11.1 Å². The number of benzene rings is 2. The standard InChI is InChI=1S/C32H38N8O4/c1-21(2)28-31-37-30(22-8-5-4-6-9-22)38-40(31)16-17-44-26-18-23(11-12-25(26)43-3)32(42)35-14-15-39(20-27(41)36-28)19-24-10-7-13-34-29(24)33/h4-13,18,21,28H,14-17,19-20H2,1-3H3,(H2,33,34)(H,35,42)(H,36,41)/t28-/m1/s1. The van der Waals surface area contributed by atoms with Crippen molar-refractivity contribution < 1.29 is 19.1 Å². The van der Waals surface area contributed by atoms with Crippen molar-refractivity contribution in [1.82, 2.24) is 35.3 Å². The lowest BCUT2D eigenvalue weighted by Gasteiger charge is -2.26. The molecule has 1 aliphatic heterocycles. The van der Waals surface area contributed by atoms with Gasteiger partial charge < -0.3 is 25.8 Å². The molecule has 5 rings (SSSR count). The number of nitrogens with one attached hydrogen (secondary N) is 2. The first kappa shape index (κ1) is 30.5. The highest BCUT2D eigenvalue weighted by molar-refractivity contribution is 5.94. The number of carbonyl (C=O) groups is 2. The molecule has 2 aromatic heterocycles. The van der Waals surface area contributed by atoms with Crippen LogP contribution in [0.5, 0.6) is 11.5 Å². The van der Waals surface area contributed by atoms with Gasteiger partial charge >= 0.3 is 0 Å². The van der Waals surface area contributed by atoms with Crippen molar-refractivity contribution in [3.63, 3.8) is 0 Å². The second kappa shape index (κ2) is 14.0. The Morgan fingerprint density at radius 2 is 1.89 bits per heavy atom. The molecule has 4 N–H and O–H groups in total. The van der Waals surface area contributed by atoms with Gasteiger partial charge in [0.1, 0.15) is 12.4 Å². The molecular weight excluding hydrogens is 560 g/mol. The van der Waals surface area contributed by atoms with E-state index in [4.69, 9.17) is 25.3 Å². The Kier molecular flexibility index (Phi) is 9.70. The summed E-state index contributed by atoms with van der Waals surface area (Å²) >= 11 is 0. The first-order valence-corrected chi connectivity index (χ1v) is 14.6. The van der Waals surface area contributed by atoms with Crippen LogP contribution in [0.25, 0.3) is 11.4 Å². The highest BCUT2D eigenvalue weighted by Crippen LogP contribution is 2.29. The number of rotatable bonds is 5. The normalized spacial score (nSPS) is 16.8. The summed E-state index contributed by atoms with van der Waals surface area (Å²) in [6.45, 7) is 5.79. The van der Waals surface area contributed by atoms with Crippen LogP contribution in [0.2, 0.25) is 0 Å². The van der Waals surface area contributed by atoms with Gasteiger partial charge in [-0.1, -0.05) is 50.2 Å². The molecule has 0 saturated heterocycles. The molecule has 1 aliphatic rings. The molecule has 2 amide bonds. The molecule has 0 unspecified atom stereocenters. The average molecular weight is 599 g/mol. The fraction of sp³-hybridized carbons (Fsp3) is 0.344. The van der Waals surface area contributed by atoms with Gasteiger partial charge in [-0.3, -0.25) is 14.5 Å². The average Bonchev–Trinajstić information content (AvgIpc) is 3.44. The summed E-state index contributed by atoms with van der Waals surface area (Å²) in [7, 11) is 1.55. The molecular formula is C32H38N8O4. The predicted molar refractivity (Wildman–Crippen MR) is 166 cm³/mol. The number of amides is 2. The fourth-order valence-corrected chi connectivity index (χ4v) is 5.05. The third-order valence-electron chi connectivity index (χ3n) is 7.38. The van der Waals surface area contributed by atoms with Crippen LogP contribution in [0, 0.1) is 5.92 Å². The van der Waals surface area contributed by atoms with Crippen LogP contribution >= 0.6 is 0 Å². The molecule has 0 fully saturated rings. The first-order chi connectivity index (χ1) is 21.3. The van der Waals surface area contributed by atoms with Crippen molar-refractivity contribution in [3.8, 4) is 22.9 Å². The summed E-state index contributed by atoms with van der Waals surface area (Å²) in [5.41, 5.74) is 8.22. The smallest absolute Gasteiger partial charge is 0.251 e. The largest absolute Gasteiger partial charge is 0.493 e.